The molecule has 2 heterocycles. The smallest absolute Gasteiger partial charge is 0.252 e. The van der Waals surface area contributed by atoms with Crippen molar-refractivity contribution < 1.29 is 9.59 Å². The summed E-state index contributed by atoms with van der Waals surface area (Å²) in [7, 11) is 0. The summed E-state index contributed by atoms with van der Waals surface area (Å²) in [6.07, 6.45) is 3.39. The Balaban J connectivity index is 1.47. The van der Waals surface area contributed by atoms with Crippen LogP contribution in [0.5, 0.6) is 0 Å². The molecule has 8 heteroatoms. The van der Waals surface area contributed by atoms with E-state index in [4.69, 9.17) is 5.73 Å². The van der Waals surface area contributed by atoms with Crippen LogP contribution < -0.4 is 11.1 Å². The first kappa shape index (κ1) is 20.6. The average molecular weight is 432 g/mol. The molecule has 0 aliphatic heterocycles. The number of amides is 2. The Morgan fingerprint density at radius 3 is 2.55 bits per heavy atom. The largest absolute Gasteiger partial charge is 0.368 e. The van der Waals surface area contributed by atoms with Crippen LogP contribution in [0.3, 0.4) is 0 Å². The fraction of sp³-hybridized carbons (Fsp3) is 0.130. The molecule has 7 nitrogen and oxygen atoms in total. The maximum atomic E-state index is 12.8. The average Bonchev–Trinajstić information content (AvgIpc) is 3.21. The van der Waals surface area contributed by atoms with Crippen molar-refractivity contribution in [2.45, 2.75) is 17.9 Å². The summed E-state index contributed by atoms with van der Waals surface area (Å²) in [5.41, 5.74) is 9.47. The topological polar surface area (TPSA) is 114 Å². The van der Waals surface area contributed by atoms with E-state index in [0.29, 0.717) is 17.1 Å². The van der Waals surface area contributed by atoms with Crippen LogP contribution in [0.15, 0.2) is 71.9 Å². The van der Waals surface area contributed by atoms with Crippen molar-refractivity contribution >= 4 is 34.6 Å². The predicted molar refractivity (Wildman–Crippen MR) is 122 cm³/mol. The lowest BCUT2D eigenvalue weighted by Gasteiger charge is -2.15. The molecule has 0 saturated carbocycles. The monoisotopic (exact) mass is 431 g/mol. The molecule has 4 rings (SSSR count). The van der Waals surface area contributed by atoms with Crippen LogP contribution in [0.25, 0.3) is 22.4 Å². The number of fused-ring (bicyclic) bond motifs is 1. The lowest BCUT2D eigenvalue weighted by molar-refractivity contribution is -0.119. The third-order valence-electron chi connectivity index (χ3n) is 4.78. The van der Waals surface area contributed by atoms with Gasteiger partial charge in [0.05, 0.1) is 11.0 Å². The predicted octanol–water partition coefficient (Wildman–Crippen LogP) is 3.31. The van der Waals surface area contributed by atoms with Crippen molar-refractivity contribution in [3.63, 3.8) is 0 Å². The van der Waals surface area contributed by atoms with Crippen LogP contribution >= 0.6 is 11.8 Å². The Bertz CT molecular complexity index is 1220. The molecule has 31 heavy (non-hydrogen) atoms. The highest BCUT2D eigenvalue weighted by Crippen LogP contribution is 2.22. The van der Waals surface area contributed by atoms with Crippen molar-refractivity contribution in [2.24, 2.45) is 5.73 Å². The Morgan fingerprint density at radius 2 is 1.84 bits per heavy atom. The molecule has 1 atom stereocenters. The number of hydrogen-bond acceptors (Lipinski definition) is 5. The standard InChI is InChI=1S/C23H21N5O2S/c1-14-2-5-17(6-3-14)31-13-20(21(24)29)28-23(30)16-4-7-18-19(12-16)27-22(26-18)15-8-10-25-11-9-15/h2-12,20H,13H2,1H3,(H2,24,29)(H,26,27)(H,28,30)/t20-/m0/s1. The summed E-state index contributed by atoms with van der Waals surface area (Å²) in [4.78, 5) is 37.4. The summed E-state index contributed by atoms with van der Waals surface area (Å²) in [6.45, 7) is 2.01. The Labute approximate surface area is 183 Å². The fourth-order valence-electron chi connectivity index (χ4n) is 3.05. The van der Waals surface area contributed by atoms with Gasteiger partial charge in [-0.15, -0.1) is 11.8 Å². The number of thioether (sulfide) groups is 1. The van der Waals surface area contributed by atoms with Gasteiger partial charge < -0.3 is 16.0 Å². The van der Waals surface area contributed by atoms with Crippen molar-refractivity contribution in [1.82, 2.24) is 20.3 Å². The lowest BCUT2D eigenvalue weighted by atomic mass is 10.1. The number of imidazole rings is 1. The second-order valence-electron chi connectivity index (χ2n) is 7.11. The lowest BCUT2D eigenvalue weighted by Crippen LogP contribution is -2.46. The Morgan fingerprint density at radius 1 is 1.10 bits per heavy atom. The fourth-order valence-corrected chi connectivity index (χ4v) is 3.98. The summed E-state index contributed by atoms with van der Waals surface area (Å²) in [5.74, 6) is 0.105. The molecule has 0 fully saturated rings. The molecular weight excluding hydrogens is 410 g/mol. The van der Waals surface area contributed by atoms with E-state index < -0.39 is 11.9 Å². The maximum absolute atomic E-state index is 12.8. The first-order chi connectivity index (χ1) is 15.0. The first-order valence-corrected chi connectivity index (χ1v) is 10.7. The Kier molecular flexibility index (Phi) is 5.99. The highest BCUT2D eigenvalue weighted by Gasteiger charge is 2.20. The number of H-pyrrole nitrogens is 1. The van der Waals surface area contributed by atoms with Crippen LogP contribution in [0.4, 0.5) is 0 Å². The van der Waals surface area contributed by atoms with E-state index in [1.807, 2.05) is 43.3 Å². The third kappa shape index (κ3) is 4.92. The molecule has 2 aromatic carbocycles. The number of nitrogens with two attached hydrogens (primary N) is 1. The SMILES string of the molecule is Cc1ccc(SC[C@H](NC(=O)c2ccc3nc(-c4ccncc4)[nH]c3c2)C(N)=O)cc1. The quantitative estimate of drug-likeness (QED) is 0.389. The number of aromatic nitrogens is 3. The van der Waals surface area contributed by atoms with Gasteiger partial charge in [-0.2, -0.15) is 0 Å². The molecule has 0 aliphatic carbocycles. The van der Waals surface area contributed by atoms with Crippen molar-refractivity contribution in [1.29, 1.82) is 0 Å². The van der Waals surface area contributed by atoms with Gasteiger partial charge in [0.2, 0.25) is 5.91 Å². The van der Waals surface area contributed by atoms with Crippen LogP contribution in [0, 0.1) is 6.92 Å². The summed E-state index contributed by atoms with van der Waals surface area (Å²) >= 11 is 1.47. The molecule has 156 valence electrons. The van der Waals surface area contributed by atoms with E-state index in [-0.39, 0.29) is 5.91 Å². The number of pyridine rings is 1. The number of aromatic amines is 1. The van der Waals surface area contributed by atoms with Crippen LogP contribution in [-0.2, 0) is 4.79 Å². The number of nitrogens with zero attached hydrogens (tertiary/aromatic N) is 2. The Hall–Kier alpha value is -3.65. The molecule has 0 spiro atoms. The summed E-state index contributed by atoms with van der Waals surface area (Å²) < 4.78 is 0. The molecule has 4 N–H and O–H groups in total. The zero-order valence-electron chi connectivity index (χ0n) is 16.8. The van der Waals surface area contributed by atoms with Crippen molar-refractivity contribution in [3.05, 3.63) is 78.1 Å². The van der Waals surface area contributed by atoms with Gasteiger partial charge in [0, 0.05) is 34.2 Å². The number of aryl methyl sites for hydroxylation is 1. The summed E-state index contributed by atoms with van der Waals surface area (Å²) in [5, 5.41) is 2.74. The number of nitrogens with one attached hydrogen (secondary N) is 2. The molecule has 4 aromatic rings. The molecule has 0 unspecified atom stereocenters. The highest BCUT2D eigenvalue weighted by molar-refractivity contribution is 7.99. The minimum absolute atomic E-state index is 0.350. The molecule has 0 bridgehead atoms. The van der Waals surface area contributed by atoms with E-state index in [0.717, 1.165) is 27.1 Å². The number of rotatable bonds is 7. The van der Waals surface area contributed by atoms with Gasteiger partial charge in [-0.1, -0.05) is 17.7 Å². The zero-order valence-corrected chi connectivity index (χ0v) is 17.6. The number of carbonyl (C=O) groups is 2. The van der Waals surface area contributed by atoms with Gasteiger partial charge in [-0.25, -0.2) is 4.98 Å². The van der Waals surface area contributed by atoms with E-state index >= 15 is 0 Å². The van der Waals surface area contributed by atoms with Crippen LogP contribution in [-0.4, -0.2) is 38.6 Å². The number of carbonyl (C=O) groups excluding carboxylic acids is 2. The minimum atomic E-state index is -0.788. The minimum Gasteiger partial charge on any atom is -0.368 e. The van der Waals surface area contributed by atoms with Gasteiger partial charge in [0.1, 0.15) is 11.9 Å². The molecular formula is C23H21N5O2S. The van der Waals surface area contributed by atoms with Gasteiger partial charge in [-0.05, 0) is 49.4 Å². The molecule has 0 radical (unpaired) electrons. The van der Waals surface area contributed by atoms with E-state index in [9.17, 15) is 9.59 Å². The number of benzene rings is 2. The molecule has 0 aliphatic rings. The highest BCUT2D eigenvalue weighted by atomic mass is 32.2. The summed E-state index contributed by atoms with van der Waals surface area (Å²) in [6, 6.07) is 16.0. The van der Waals surface area contributed by atoms with Gasteiger partial charge in [0.15, 0.2) is 0 Å². The van der Waals surface area contributed by atoms with Crippen LogP contribution in [0.1, 0.15) is 15.9 Å². The van der Waals surface area contributed by atoms with Gasteiger partial charge in [0.25, 0.3) is 5.91 Å². The third-order valence-corrected chi connectivity index (χ3v) is 5.89. The van der Waals surface area contributed by atoms with Gasteiger partial charge in [-0.3, -0.25) is 14.6 Å². The number of hydrogen-bond donors (Lipinski definition) is 3. The zero-order chi connectivity index (χ0) is 21.8. The number of primary amides is 1. The van der Waals surface area contributed by atoms with Crippen molar-refractivity contribution in [3.8, 4) is 11.4 Å². The van der Waals surface area contributed by atoms with E-state index in [1.54, 1.807) is 30.6 Å². The van der Waals surface area contributed by atoms with Gasteiger partial charge >= 0.3 is 0 Å². The molecule has 2 amide bonds. The second-order valence-corrected chi connectivity index (χ2v) is 8.20. The van der Waals surface area contributed by atoms with Crippen molar-refractivity contribution in [2.75, 3.05) is 5.75 Å². The van der Waals surface area contributed by atoms with E-state index in [2.05, 4.69) is 20.3 Å². The van der Waals surface area contributed by atoms with E-state index in [1.165, 1.54) is 11.8 Å². The first-order valence-electron chi connectivity index (χ1n) is 9.69. The molecule has 2 aromatic heterocycles. The maximum Gasteiger partial charge on any atom is 0.252 e. The normalized spacial score (nSPS) is 11.9. The molecule has 0 saturated heterocycles. The second kappa shape index (κ2) is 9.01. The van der Waals surface area contributed by atoms with Crippen LogP contribution in [0.2, 0.25) is 0 Å².